The van der Waals surface area contributed by atoms with Gasteiger partial charge in [0, 0.05) is 7.11 Å². The number of hydrogen-bond acceptors (Lipinski definition) is 16. The maximum atomic E-state index is 14.3. The number of benzene rings is 7. The van der Waals surface area contributed by atoms with Crippen molar-refractivity contribution in [2.75, 3.05) is 27.4 Å². The Bertz CT molecular complexity index is 2990. The molecule has 7 aromatic carbocycles. The zero-order valence-corrected chi connectivity index (χ0v) is 43.5. The summed E-state index contributed by atoms with van der Waals surface area (Å²) in [4.78, 5) is 56.6. The predicted molar refractivity (Wildman–Crippen MR) is 286 cm³/mol. The van der Waals surface area contributed by atoms with Crippen LogP contribution in [0.15, 0.2) is 206 Å². The van der Waals surface area contributed by atoms with Crippen molar-refractivity contribution in [1.29, 1.82) is 0 Å². The maximum Gasteiger partial charge on any atom is 0.338 e. The molecule has 2 heterocycles. The third-order valence-electron chi connectivity index (χ3n) is 13.1. The van der Waals surface area contributed by atoms with Crippen LogP contribution in [-0.2, 0) is 71.9 Å². The van der Waals surface area contributed by atoms with Crippen LogP contribution in [0.25, 0.3) is 0 Å². The summed E-state index contributed by atoms with van der Waals surface area (Å²) in [7, 11) is 2.86. The Labute approximate surface area is 457 Å². The molecule has 0 N–H and O–H groups in total. The molecule has 408 valence electrons. The molecule has 2 saturated heterocycles. The van der Waals surface area contributed by atoms with Crippen molar-refractivity contribution in [2.24, 2.45) is 0 Å². The van der Waals surface area contributed by atoms with Gasteiger partial charge in [-0.05, 0) is 77.4 Å². The SMILES string of the molecule is COc1ccc(C(=O)O[C@H]2[C@H](OCc3ccccc3)[C@H](OCc3ccccc3)[C@@H](OC[C@H]3O[C@@H](OC)[C@H](OC(=O)c4ccccc4)[C@@H](OC(=O)c4ccccc4)[C@H]3OC(=O)c3ccccc3)O[C@@H]2COCc2ccccc2)cc1. The summed E-state index contributed by atoms with van der Waals surface area (Å²) >= 11 is 0. The molecule has 2 aliphatic rings. The van der Waals surface area contributed by atoms with Gasteiger partial charge in [0.2, 0.25) is 0 Å². The van der Waals surface area contributed by atoms with Crippen molar-refractivity contribution in [3.8, 4) is 5.75 Å². The number of esters is 4. The largest absolute Gasteiger partial charge is 0.497 e. The van der Waals surface area contributed by atoms with Crippen molar-refractivity contribution in [3.63, 3.8) is 0 Å². The van der Waals surface area contributed by atoms with Crippen LogP contribution in [0.4, 0.5) is 0 Å². The lowest BCUT2D eigenvalue weighted by molar-refractivity contribution is -0.338. The molecular weight excluding hydrogens is 1010 g/mol. The van der Waals surface area contributed by atoms with E-state index >= 15 is 0 Å². The smallest absolute Gasteiger partial charge is 0.338 e. The molecule has 79 heavy (non-hydrogen) atoms. The number of rotatable bonds is 23. The first kappa shape index (κ1) is 55.7. The van der Waals surface area contributed by atoms with Gasteiger partial charge in [0.05, 0.1) is 62.4 Å². The highest BCUT2D eigenvalue weighted by atomic mass is 16.8. The van der Waals surface area contributed by atoms with Gasteiger partial charge in [-0.15, -0.1) is 0 Å². The molecule has 0 amide bonds. The molecule has 0 saturated carbocycles. The standard InChI is InChI=1S/C63H60O16/c1-68-49-35-33-48(34-36-49)61(67)76-52-50(40-70-37-42-21-9-3-10-22-42)75-63(56(72-39-44-25-13-5-14-26-44)54(52)71-38-43-23-11-4-12-24-43)73-41-51-53(77-58(64)45-27-15-6-16-28-45)55(78-59(65)46-29-17-7-18-30-46)57(62(69-2)74-51)79-60(66)47-31-19-8-20-32-47/h3-36,50-57,62-63H,37-41H2,1-2H3/t50-,51-,52-,53+,54+,55+,56+,57-,62-,63+/m1/s1. The fraction of sp³-hybridized carbons (Fsp3) is 0.270. The van der Waals surface area contributed by atoms with Gasteiger partial charge in [-0.3, -0.25) is 0 Å². The molecule has 0 radical (unpaired) electrons. The minimum Gasteiger partial charge on any atom is -0.497 e. The molecule has 16 heteroatoms. The van der Waals surface area contributed by atoms with E-state index in [2.05, 4.69) is 0 Å². The Balaban J connectivity index is 1.10. The van der Waals surface area contributed by atoms with E-state index in [1.165, 1.54) is 14.2 Å². The van der Waals surface area contributed by atoms with E-state index in [1.807, 2.05) is 91.0 Å². The Hall–Kier alpha value is -8.06. The molecule has 2 aliphatic heterocycles. The second kappa shape index (κ2) is 28.0. The second-order valence-corrected chi connectivity index (χ2v) is 18.5. The third kappa shape index (κ3) is 15.0. The van der Waals surface area contributed by atoms with E-state index in [0.717, 1.165) is 16.7 Å². The van der Waals surface area contributed by atoms with Gasteiger partial charge < -0.3 is 56.8 Å². The first-order chi connectivity index (χ1) is 38.7. The quantitative estimate of drug-likeness (QED) is 0.0436. The Morgan fingerprint density at radius 3 is 1.18 bits per heavy atom. The summed E-state index contributed by atoms with van der Waals surface area (Å²) in [5, 5.41) is 0. The highest BCUT2D eigenvalue weighted by Gasteiger charge is 2.55. The summed E-state index contributed by atoms with van der Waals surface area (Å²) in [5.41, 5.74) is 3.24. The fourth-order valence-corrected chi connectivity index (χ4v) is 9.07. The maximum absolute atomic E-state index is 14.3. The van der Waals surface area contributed by atoms with Gasteiger partial charge in [0.1, 0.15) is 30.2 Å². The zero-order valence-electron chi connectivity index (χ0n) is 43.5. The van der Waals surface area contributed by atoms with Crippen LogP contribution in [0.1, 0.15) is 58.1 Å². The average Bonchev–Trinajstić information content (AvgIpc) is 3.55. The lowest BCUT2D eigenvalue weighted by Gasteiger charge is -2.47. The summed E-state index contributed by atoms with van der Waals surface area (Å²) in [6, 6.07) is 59.5. The number of ether oxygens (including phenoxy) is 12. The molecule has 0 aromatic heterocycles. The van der Waals surface area contributed by atoms with Gasteiger partial charge in [0.25, 0.3) is 0 Å². The van der Waals surface area contributed by atoms with E-state index in [9.17, 15) is 19.2 Å². The van der Waals surface area contributed by atoms with Crippen LogP contribution in [0.2, 0.25) is 0 Å². The van der Waals surface area contributed by atoms with Crippen LogP contribution in [0.3, 0.4) is 0 Å². The van der Waals surface area contributed by atoms with Crippen molar-refractivity contribution in [1.82, 2.24) is 0 Å². The highest BCUT2D eigenvalue weighted by Crippen LogP contribution is 2.35. The van der Waals surface area contributed by atoms with Gasteiger partial charge in [0.15, 0.2) is 37.0 Å². The van der Waals surface area contributed by atoms with Gasteiger partial charge in [-0.2, -0.15) is 0 Å². The molecule has 0 unspecified atom stereocenters. The summed E-state index contributed by atoms with van der Waals surface area (Å²) in [6.07, 6.45) is -13.3. The monoisotopic (exact) mass is 1070 g/mol. The van der Waals surface area contributed by atoms with Crippen molar-refractivity contribution in [2.45, 2.75) is 81.2 Å². The van der Waals surface area contributed by atoms with E-state index in [-0.39, 0.29) is 48.7 Å². The Kier molecular flexibility index (Phi) is 19.7. The number of carbonyl (C=O) groups is 4. The summed E-state index contributed by atoms with van der Waals surface area (Å²) in [6.45, 7) is -0.324. The van der Waals surface area contributed by atoms with E-state index in [4.69, 9.17) is 56.8 Å². The molecule has 7 aromatic rings. The van der Waals surface area contributed by atoms with Gasteiger partial charge >= 0.3 is 23.9 Å². The van der Waals surface area contributed by atoms with Crippen LogP contribution in [-0.4, -0.2) is 113 Å². The number of hydrogen-bond donors (Lipinski definition) is 0. The van der Waals surface area contributed by atoms with Crippen LogP contribution < -0.4 is 4.74 Å². The molecule has 0 aliphatic carbocycles. The van der Waals surface area contributed by atoms with Gasteiger partial charge in [-0.1, -0.05) is 146 Å². The zero-order chi connectivity index (χ0) is 54.8. The molecule has 10 atom stereocenters. The summed E-state index contributed by atoms with van der Waals surface area (Å²) < 4.78 is 76.7. The lowest BCUT2D eigenvalue weighted by Crippen LogP contribution is -2.64. The predicted octanol–water partition coefficient (Wildman–Crippen LogP) is 9.40. The minimum absolute atomic E-state index is 0.0310. The Morgan fingerprint density at radius 2 is 0.722 bits per heavy atom. The molecule has 0 bridgehead atoms. The second-order valence-electron chi connectivity index (χ2n) is 18.5. The summed E-state index contributed by atoms with van der Waals surface area (Å²) in [5.74, 6) is -2.56. The molecule has 0 spiro atoms. The highest BCUT2D eigenvalue weighted by molar-refractivity contribution is 5.91. The first-order valence-electron chi connectivity index (χ1n) is 25.8. The van der Waals surface area contributed by atoms with Crippen molar-refractivity contribution >= 4 is 23.9 Å². The van der Waals surface area contributed by atoms with E-state index in [0.29, 0.717) is 5.75 Å². The van der Waals surface area contributed by atoms with Crippen molar-refractivity contribution < 1.29 is 76.0 Å². The third-order valence-corrected chi connectivity index (χ3v) is 13.1. The van der Waals surface area contributed by atoms with Crippen LogP contribution >= 0.6 is 0 Å². The van der Waals surface area contributed by atoms with Crippen molar-refractivity contribution in [3.05, 3.63) is 245 Å². The molecule has 2 fully saturated rings. The first-order valence-corrected chi connectivity index (χ1v) is 25.8. The Morgan fingerprint density at radius 1 is 0.354 bits per heavy atom. The fourth-order valence-electron chi connectivity index (χ4n) is 9.07. The van der Waals surface area contributed by atoms with Gasteiger partial charge in [-0.25, -0.2) is 19.2 Å². The van der Waals surface area contributed by atoms with E-state index in [1.54, 1.807) is 115 Å². The topological polar surface area (TPSA) is 179 Å². The lowest BCUT2D eigenvalue weighted by atomic mass is 9.96. The number of carbonyl (C=O) groups excluding carboxylic acids is 4. The number of methoxy groups -OCH3 is 2. The van der Waals surface area contributed by atoms with Crippen LogP contribution in [0, 0.1) is 0 Å². The molecular formula is C63H60O16. The van der Waals surface area contributed by atoms with Crippen LogP contribution in [0.5, 0.6) is 5.75 Å². The van der Waals surface area contributed by atoms with E-state index < -0.39 is 91.9 Å². The minimum atomic E-state index is -1.57. The normalized spacial score (nSPS) is 22.7. The molecule has 16 nitrogen and oxygen atoms in total. The molecule has 9 rings (SSSR count). The average molecular weight is 1070 g/mol.